The Morgan fingerprint density at radius 1 is 1.29 bits per heavy atom. The molecule has 0 saturated carbocycles. The van der Waals surface area contributed by atoms with E-state index in [1.807, 2.05) is 26.0 Å². The van der Waals surface area contributed by atoms with Crippen molar-refractivity contribution in [1.29, 1.82) is 0 Å². The van der Waals surface area contributed by atoms with E-state index >= 15 is 0 Å². The van der Waals surface area contributed by atoms with Crippen LogP contribution in [0.15, 0.2) is 29.4 Å². The van der Waals surface area contributed by atoms with E-state index in [2.05, 4.69) is 24.2 Å². The summed E-state index contributed by atoms with van der Waals surface area (Å²) in [6, 6.07) is 8.20. The first-order valence-corrected chi connectivity index (χ1v) is 10.2. The number of amides is 1. The second-order valence-corrected chi connectivity index (χ2v) is 7.81. The summed E-state index contributed by atoms with van der Waals surface area (Å²) in [5.41, 5.74) is 2.43. The summed E-state index contributed by atoms with van der Waals surface area (Å²) in [5.74, 6) is -0.145. The molecule has 0 radical (unpaired) electrons. The first kappa shape index (κ1) is 20.4. The lowest BCUT2D eigenvalue weighted by Gasteiger charge is -2.41. The van der Waals surface area contributed by atoms with Gasteiger partial charge in [-0.05, 0) is 32.3 Å². The van der Waals surface area contributed by atoms with E-state index in [0.717, 1.165) is 17.7 Å². The Hall–Kier alpha value is -2.37. The maximum absolute atomic E-state index is 12.9. The maximum atomic E-state index is 12.9. The van der Waals surface area contributed by atoms with E-state index < -0.39 is 5.41 Å². The summed E-state index contributed by atoms with van der Waals surface area (Å²) in [7, 11) is 0. The summed E-state index contributed by atoms with van der Waals surface area (Å²) in [6.45, 7) is 7.15. The van der Waals surface area contributed by atoms with Crippen molar-refractivity contribution in [2.75, 3.05) is 19.7 Å². The highest BCUT2D eigenvalue weighted by Crippen LogP contribution is 2.39. The van der Waals surface area contributed by atoms with Gasteiger partial charge in [-0.1, -0.05) is 41.9 Å². The highest BCUT2D eigenvalue weighted by atomic mass is 16.6. The lowest BCUT2D eigenvalue weighted by atomic mass is 9.74. The summed E-state index contributed by atoms with van der Waals surface area (Å²) >= 11 is 0. The molecule has 1 aromatic rings. The fourth-order valence-electron chi connectivity index (χ4n) is 4.16. The molecule has 1 aromatic carbocycles. The molecule has 6 heteroatoms. The van der Waals surface area contributed by atoms with E-state index in [1.165, 1.54) is 5.56 Å². The normalized spacial score (nSPS) is 24.5. The van der Waals surface area contributed by atoms with E-state index in [9.17, 15) is 9.59 Å². The number of carbonyl (C=O) groups excluding carboxylic acids is 2. The number of ether oxygens (including phenoxy) is 1. The molecule has 0 N–H and O–H groups in total. The minimum Gasteiger partial charge on any atom is -0.466 e. The average Bonchev–Trinajstić information content (AvgIpc) is 3.16. The molecule has 2 aliphatic heterocycles. The molecular formula is C22H30N2O4. The first-order chi connectivity index (χ1) is 13.5. The van der Waals surface area contributed by atoms with Crippen molar-refractivity contribution >= 4 is 17.6 Å². The van der Waals surface area contributed by atoms with Crippen molar-refractivity contribution < 1.29 is 19.2 Å². The fraction of sp³-hybridized carbons (Fsp3) is 0.591. The first-order valence-electron chi connectivity index (χ1n) is 10.2. The largest absolute Gasteiger partial charge is 0.466 e. The second-order valence-electron chi connectivity index (χ2n) is 7.81. The lowest BCUT2D eigenvalue weighted by Crippen LogP contribution is -2.51. The number of rotatable bonds is 6. The van der Waals surface area contributed by atoms with Gasteiger partial charge in [-0.2, -0.15) is 0 Å². The van der Waals surface area contributed by atoms with Gasteiger partial charge in [0.2, 0.25) is 5.91 Å². The van der Waals surface area contributed by atoms with Crippen LogP contribution in [0, 0.1) is 12.3 Å². The molecule has 0 spiro atoms. The fourth-order valence-corrected chi connectivity index (χ4v) is 4.16. The molecule has 0 aliphatic carbocycles. The molecule has 28 heavy (non-hydrogen) atoms. The van der Waals surface area contributed by atoms with Crippen molar-refractivity contribution in [3.05, 3.63) is 35.4 Å². The number of esters is 1. The Kier molecular flexibility index (Phi) is 6.37. The average molecular weight is 386 g/mol. The number of benzene rings is 1. The van der Waals surface area contributed by atoms with Crippen molar-refractivity contribution in [1.82, 2.24) is 4.90 Å². The van der Waals surface area contributed by atoms with Crippen LogP contribution in [0.5, 0.6) is 0 Å². The molecule has 3 rings (SSSR count). The number of piperidine rings is 1. The van der Waals surface area contributed by atoms with Gasteiger partial charge < -0.3 is 14.5 Å². The van der Waals surface area contributed by atoms with Crippen LogP contribution in [0.25, 0.3) is 0 Å². The molecule has 2 aliphatic rings. The van der Waals surface area contributed by atoms with Gasteiger partial charge in [0.1, 0.15) is 6.10 Å². The monoisotopic (exact) mass is 386 g/mol. The SMILES string of the molecule is CCOC(=O)[C@@]1(C[C@@H]2CC(c3ccc(C)cc3)=NO2)CCCN(C(=O)CC)C1. The van der Waals surface area contributed by atoms with E-state index in [1.54, 1.807) is 4.90 Å². The summed E-state index contributed by atoms with van der Waals surface area (Å²) in [4.78, 5) is 32.7. The summed E-state index contributed by atoms with van der Waals surface area (Å²) in [6.07, 6.45) is 2.93. The number of hydrogen-bond acceptors (Lipinski definition) is 5. The topological polar surface area (TPSA) is 68.2 Å². The zero-order valence-electron chi connectivity index (χ0n) is 17.1. The number of likely N-dealkylation sites (tertiary alicyclic amines) is 1. The Morgan fingerprint density at radius 2 is 2.04 bits per heavy atom. The van der Waals surface area contributed by atoms with Crippen LogP contribution in [0.1, 0.15) is 57.1 Å². The van der Waals surface area contributed by atoms with Crippen LogP contribution in [-0.2, 0) is 19.2 Å². The molecule has 0 aromatic heterocycles. The van der Waals surface area contributed by atoms with Crippen LogP contribution in [0.4, 0.5) is 0 Å². The predicted molar refractivity (Wildman–Crippen MR) is 107 cm³/mol. The number of carbonyl (C=O) groups is 2. The van der Waals surface area contributed by atoms with Crippen molar-refractivity contribution in [2.45, 2.75) is 59.0 Å². The van der Waals surface area contributed by atoms with Crippen LogP contribution >= 0.6 is 0 Å². The molecule has 0 bridgehead atoms. The zero-order chi connectivity index (χ0) is 20.1. The predicted octanol–water partition coefficient (Wildman–Crippen LogP) is 3.46. The number of hydrogen-bond donors (Lipinski definition) is 0. The van der Waals surface area contributed by atoms with Gasteiger partial charge in [0.15, 0.2) is 0 Å². The van der Waals surface area contributed by atoms with E-state index in [0.29, 0.717) is 45.4 Å². The molecule has 1 fully saturated rings. The van der Waals surface area contributed by atoms with Crippen molar-refractivity contribution in [2.24, 2.45) is 10.6 Å². The Labute approximate surface area is 166 Å². The molecular weight excluding hydrogens is 356 g/mol. The van der Waals surface area contributed by atoms with E-state index in [4.69, 9.17) is 9.57 Å². The quantitative estimate of drug-likeness (QED) is 0.702. The Balaban J connectivity index is 1.73. The van der Waals surface area contributed by atoms with Gasteiger partial charge in [0.25, 0.3) is 0 Å². The van der Waals surface area contributed by atoms with Crippen LogP contribution in [0.3, 0.4) is 0 Å². The molecule has 6 nitrogen and oxygen atoms in total. The van der Waals surface area contributed by atoms with Gasteiger partial charge in [-0.25, -0.2) is 0 Å². The van der Waals surface area contributed by atoms with Gasteiger partial charge in [-0.15, -0.1) is 0 Å². The van der Waals surface area contributed by atoms with Crippen LogP contribution in [0.2, 0.25) is 0 Å². The van der Waals surface area contributed by atoms with Gasteiger partial charge >= 0.3 is 5.97 Å². The summed E-state index contributed by atoms with van der Waals surface area (Å²) in [5, 5.41) is 4.27. The van der Waals surface area contributed by atoms with Crippen LogP contribution < -0.4 is 0 Å². The third kappa shape index (κ3) is 4.37. The molecule has 2 heterocycles. The van der Waals surface area contributed by atoms with Crippen molar-refractivity contribution in [3.8, 4) is 0 Å². The Morgan fingerprint density at radius 3 is 2.71 bits per heavy atom. The third-order valence-electron chi connectivity index (χ3n) is 5.68. The zero-order valence-corrected chi connectivity index (χ0v) is 17.1. The minimum atomic E-state index is -0.720. The number of oxime groups is 1. The molecule has 1 amide bonds. The van der Waals surface area contributed by atoms with Crippen LogP contribution in [-0.4, -0.2) is 48.3 Å². The van der Waals surface area contributed by atoms with Gasteiger partial charge in [-0.3, -0.25) is 9.59 Å². The molecule has 152 valence electrons. The standard InChI is InChI=1S/C22H30N2O4/c1-4-20(25)24-12-6-11-22(15-24,21(26)27-5-2)14-18-13-19(23-28-18)17-9-7-16(3)8-10-17/h7-10,18H,4-6,11-15H2,1-3H3/t18-,22+/m0/s1. The highest BCUT2D eigenvalue weighted by Gasteiger charge is 2.47. The number of aryl methyl sites for hydroxylation is 1. The van der Waals surface area contributed by atoms with E-state index in [-0.39, 0.29) is 18.0 Å². The molecule has 1 saturated heterocycles. The lowest BCUT2D eigenvalue weighted by molar-refractivity contribution is -0.163. The molecule has 2 atom stereocenters. The highest BCUT2D eigenvalue weighted by molar-refractivity contribution is 6.01. The number of nitrogens with zero attached hydrogens (tertiary/aromatic N) is 2. The minimum absolute atomic E-state index is 0.0808. The second kappa shape index (κ2) is 8.76. The van der Waals surface area contributed by atoms with Gasteiger partial charge in [0, 0.05) is 32.4 Å². The van der Waals surface area contributed by atoms with Gasteiger partial charge in [0.05, 0.1) is 17.7 Å². The maximum Gasteiger partial charge on any atom is 0.314 e. The van der Waals surface area contributed by atoms with Crippen molar-refractivity contribution in [3.63, 3.8) is 0 Å². The molecule has 0 unspecified atom stereocenters. The third-order valence-corrected chi connectivity index (χ3v) is 5.68. The summed E-state index contributed by atoms with van der Waals surface area (Å²) < 4.78 is 5.41. The smallest absolute Gasteiger partial charge is 0.314 e. The Bertz CT molecular complexity index is 743.